The van der Waals surface area contributed by atoms with Crippen molar-refractivity contribution in [1.29, 1.82) is 15.8 Å². The quantitative estimate of drug-likeness (QED) is 0.0499. The van der Waals surface area contributed by atoms with E-state index in [9.17, 15) is 0 Å². The SMILES string of the molecule is C.CC#N.CC#N.CC#N.S.S.S.S.S.S.S.S.[Fe+2].c1ccc(P(C[C@@H]2Cc3ccccc3[C@@H]([C@H]3N[C@H](CP(c4ccccc4)c4ccccc4)Cc4ccccc43)N2)c2ccccc2)cc1.c1ccc([PH+](C[C@@H]2Cc3ccccc3[C@@H]([C@H]3N[C@H](C[PH+](c4ccccc4)c4ccccc4)Cc4ccccc43)N2)c2ccccc2)cc1. The molecule has 4 aliphatic rings. The summed E-state index contributed by atoms with van der Waals surface area (Å²) in [6, 6.07) is 134. The summed E-state index contributed by atoms with van der Waals surface area (Å²) in [6.07, 6.45) is 8.75. The molecule has 12 aromatic rings. The molecule has 115 heavy (non-hydrogen) atoms. The minimum atomic E-state index is -0.979. The van der Waals surface area contributed by atoms with Crippen LogP contribution < -0.4 is 63.7 Å². The molecule has 0 amide bonds. The normalized spacial score (nSPS) is 17.1. The number of nitrogens with one attached hydrogen (secondary N) is 4. The molecule has 0 aromatic heterocycles. The van der Waals surface area contributed by atoms with Crippen molar-refractivity contribution in [2.45, 2.75) is 102 Å². The van der Waals surface area contributed by atoms with Crippen LogP contribution in [0.25, 0.3) is 0 Å². The Labute approximate surface area is 758 Å². The maximum Gasteiger partial charge on any atom is 2.00 e. The Morgan fingerprint density at radius 1 is 0.270 bits per heavy atom. The first kappa shape index (κ1) is 105. The van der Waals surface area contributed by atoms with Crippen molar-refractivity contribution < 1.29 is 17.1 Å². The van der Waals surface area contributed by atoms with Crippen molar-refractivity contribution >= 4 is 182 Å². The molecule has 8 atom stereocenters. The van der Waals surface area contributed by atoms with E-state index in [0.717, 1.165) is 50.3 Å². The Hall–Kier alpha value is -6.01. The van der Waals surface area contributed by atoms with Gasteiger partial charge in [0.25, 0.3) is 0 Å². The fraction of sp³-hybridized carbons (Fsp3) is 0.211. The largest absolute Gasteiger partial charge is 2.00 e. The van der Waals surface area contributed by atoms with Gasteiger partial charge in [-0.3, -0.25) is 0 Å². The van der Waals surface area contributed by atoms with Crippen LogP contribution in [-0.4, -0.2) is 48.8 Å². The van der Waals surface area contributed by atoms with Crippen LogP contribution in [0, 0.1) is 34.0 Å². The van der Waals surface area contributed by atoms with Gasteiger partial charge < -0.3 is 21.3 Å². The number of nitriles is 3. The zero-order chi connectivity index (χ0) is 72.4. The van der Waals surface area contributed by atoms with Crippen LogP contribution >= 0.6 is 140 Å². The third kappa shape index (κ3) is 28.6. The number of fused-ring (bicyclic) bond motifs is 4. The molecule has 0 unspecified atom stereocenters. The van der Waals surface area contributed by atoms with Crippen LogP contribution in [0.5, 0.6) is 0 Å². The van der Waals surface area contributed by atoms with Gasteiger partial charge in [-0.25, -0.2) is 0 Å². The molecule has 0 bridgehead atoms. The summed E-state index contributed by atoms with van der Waals surface area (Å²) in [5.41, 5.74) is 11.7. The summed E-state index contributed by atoms with van der Waals surface area (Å²) < 4.78 is 0. The summed E-state index contributed by atoms with van der Waals surface area (Å²) >= 11 is 0. The number of nitrogens with zero attached hydrogens (tertiary/aromatic N) is 3. The Morgan fingerprint density at radius 3 is 0.643 bits per heavy atom. The topological polar surface area (TPSA) is 119 Å². The van der Waals surface area contributed by atoms with Crippen LogP contribution in [0.3, 0.4) is 0 Å². The average molecular weight is 1790 g/mol. The van der Waals surface area contributed by atoms with E-state index in [1.54, 1.807) is 18.2 Å². The minimum Gasteiger partial charge on any atom is -0.305 e. The van der Waals surface area contributed by atoms with Crippen molar-refractivity contribution in [3.63, 3.8) is 0 Å². The first-order valence-electron chi connectivity index (χ1n) is 36.8. The number of rotatable bonds is 18. The second-order valence-electron chi connectivity index (χ2n) is 27.0. The monoisotopic (exact) mass is 1790 g/mol. The molecular formula is C95H115FeN7P4S8+4. The molecule has 602 valence electrons. The van der Waals surface area contributed by atoms with E-state index in [4.69, 9.17) is 15.8 Å². The summed E-state index contributed by atoms with van der Waals surface area (Å²) in [7, 11) is -2.97. The molecule has 0 fully saturated rings. The molecule has 0 saturated carbocycles. The van der Waals surface area contributed by atoms with Crippen molar-refractivity contribution in [1.82, 2.24) is 21.3 Å². The third-order valence-electron chi connectivity index (χ3n) is 20.2. The maximum absolute atomic E-state index is 7.32. The molecule has 0 spiro atoms. The van der Waals surface area contributed by atoms with Crippen LogP contribution in [0.2, 0.25) is 0 Å². The van der Waals surface area contributed by atoms with Gasteiger partial charge in [0.05, 0.1) is 91.8 Å². The van der Waals surface area contributed by atoms with Gasteiger partial charge in [0.2, 0.25) is 0 Å². The second kappa shape index (κ2) is 55.7. The van der Waals surface area contributed by atoms with Crippen LogP contribution in [-0.2, 0) is 42.8 Å². The molecule has 4 heterocycles. The maximum atomic E-state index is 7.32. The van der Waals surface area contributed by atoms with Gasteiger partial charge in [0.1, 0.15) is 0 Å². The number of hydrogen-bond acceptors (Lipinski definition) is 7. The Bertz CT molecular complexity index is 4030. The summed E-state index contributed by atoms with van der Waals surface area (Å²) in [4.78, 5) is 0. The molecule has 4 N–H and O–H groups in total. The number of hydrogen-bond donors (Lipinski definition) is 4. The molecule has 0 radical (unpaired) electrons. The van der Waals surface area contributed by atoms with E-state index in [1.807, 2.05) is 0 Å². The van der Waals surface area contributed by atoms with Gasteiger partial charge in [-0.05, 0) is 168 Å². The van der Waals surface area contributed by atoms with E-state index in [2.05, 4.69) is 361 Å². The first-order chi connectivity index (χ1) is 51.8. The fourth-order valence-corrected chi connectivity index (χ4v) is 26.2. The average Bonchev–Trinajstić information content (AvgIpc) is 0.764. The van der Waals surface area contributed by atoms with Crippen molar-refractivity contribution in [3.8, 4) is 18.2 Å². The summed E-state index contributed by atoms with van der Waals surface area (Å²) in [5, 5.41) is 50.9. The van der Waals surface area contributed by atoms with E-state index < -0.39 is 31.7 Å². The minimum absolute atomic E-state index is 0. The molecule has 4 aliphatic heterocycles. The zero-order valence-corrected chi connectivity index (χ0v) is 77.6. The fourth-order valence-electron chi connectivity index (χ4n) is 15.8. The van der Waals surface area contributed by atoms with Crippen LogP contribution in [0.4, 0.5) is 0 Å². The molecule has 0 aliphatic carbocycles. The second-order valence-corrected chi connectivity index (χ2v) is 36.6. The molecule has 0 saturated heterocycles. The summed E-state index contributed by atoms with van der Waals surface area (Å²) in [5.74, 6) is 0. The smallest absolute Gasteiger partial charge is 0.305 e. The predicted octanol–water partition coefficient (Wildman–Crippen LogP) is 18.1. The van der Waals surface area contributed by atoms with Gasteiger partial charge in [-0.1, -0.05) is 299 Å². The zero-order valence-electron chi connectivity index (χ0n) is 64.7. The van der Waals surface area contributed by atoms with Gasteiger partial charge in [0, 0.05) is 44.9 Å². The van der Waals surface area contributed by atoms with E-state index in [1.165, 1.54) is 108 Å². The van der Waals surface area contributed by atoms with Crippen molar-refractivity contribution in [2.24, 2.45) is 0 Å². The Morgan fingerprint density at radius 2 is 0.435 bits per heavy atom. The Balaban J connectivity index is 0.000000656. The van der Waals surface area contributed by atoms with Gasteiger partial charge in [-0.2, -0.15) is 124 Å². The first-order valence-corrected chi connectivity index (χ1v) is 43.3. The standard InChI is InChI=1S/2C44H42N2P2.3C2H3N.CH4.Fe.8H2S/c2*1-5-19-37(20-6-1)47(38-21-7-2-8-22-38)31-35-29-33-17-13-15-27-41(33)43(45-35)44-42-28-16-14-18-34(42)30-36(46-44)32-48(39-23-9-3-10-24-39)40-25-11-4-12-26-40;3*1-2-3;;;;;;;;;;/h2*1-28,35-36,43-46H,29-32H2;3*1H3;1H4;;8*1H2/q;;;;;;+2;;;;;;;;/p+2/t2*35-,36-,43-,44-;;;;;;;;;;;;;/m00............./s1. The predicted molar refractivity (Wildman–Crippen MR) is 541 cm³/mol. The van der Waals surface area contributed by atoms with Gasteiger partial charge >= 0.3 is 17.1 Å². The molecule has 7 nitrogen and oxygen atoms in total. The third-order valence-corrected chi connectivity index (χ3v) is 31.4. The van der Waals surface area contributed by atoms with Crippen LogP contribution in [0.1, 0.15) is 96.9 Å². The van der Waals surface area contributed by atoms with Crippen LogP contribution in [0.15, 0.2) is 340 Å². The van der Waals surface area contributed by atoms with Gasteiger partial charge in [0.15, 0.2) is 0 Å². The summed E-state index contributed by atoms with van der Waals surface area (Å²) in [6.45, 7) is 4.29. The molecule has 16 rings (SSSR count). The Kier molecular flexibility index (Phi) is 50.9. The van der Waals surface area contributed by atoms with E-state index >= 15 is 0 Å². The van der Waals surface area contributed by atoms with Gasteiger partial charge in [-0.15, -0.1) is 0 Å². The molecular weight excluding hydrogens is 1680 g/mol. The van der Waals surface area contributed by atoms with E-state index in [0.29, 0.717) is 24.2 Å². The van der Waals surface area contributed by atoms with Crippen molar-refractivity contribution in [2.75, 3.05) is 24.6 Å². The number of benzene rings is 12. The molecule has 20 heteroatoms. The van der Waals surface area contributed by atoms with E-state index in [-0.39, 0.29) is 157 Å². The van der Waals surface area contributed by atoms with Crippen molar-refractivity contribution in [3.05, 3.63) is 384 Å². The molecule has 12 aromatic carbocycles.